The zero-order chi connectivity index (χ0) is 33.8. The van der Waals surface area contributed by atoms with E-state index < -0.39 is 48.7 Å². The summed E-state index contributed by atoms with van der Waals surface area (Å²) in [6.07, 6.45) is 3.29. The molecule has 3 aliphatic heterocycles. The molecule has 2 bridgehead atoms. The van der Waals surface area contributed by atoms with Crippen LogP contribution in [0.15, 0.2) is 42.1 Å². The van der Waals surface area contributed by atoms with Crippen LogP contribution < -0.4 is 5.32 Å². The van der Waals surface area contributed by atoms with Crippen LogP contribution in [-0.2, 0) is 30.1 Å². The summed E-state index contributed by atoms with van der Waals surface area (Å²) in [6.45, 7) is 18.4. The van der Waals surface area contributed by atoms with Gasteiger partial charge in [-0.15, -0.1) is 0 Å². The molecule has 7 rings (SSSR count). The third kappa shape index (κ3) is 6.74. The molecule has 12 heteroatoms. The zero-order valence-corrected chi connectivity index (χ0v) is 28.1. The van der Waals surface area contributed by atoms with E-state index in [0.717, 1.165) is 18.4 Å². The van der Waals surface area contributed by atoms with Crippen molar-refractivity contribution in [1.82, 2.24) is 15.1 Å². The quantitative estimate of drug-likeness (QED) is 0.240. The lowest BCUT2D eigenvalue weighted by Crippen LogP contribution is -2.65. The molecule has 3 aliphatic carbocycles. The first-order valence-corrected chi connectivity index (χ1v) is 16.9. The van der Waals surface area contributed by atoms with E-state index in [0.29, 0.717) is 18.3 Å². The average Bonchev–Trinajstić information content (AvgIpc) is 3.58. The Balaban J connectivity index is 1.10. The Morgan fingerprint density at radius 2 is 1.94 bits per heavy atom. The van der Waals surface area contributed by atoms with Crippen molar-refractivity contribution in [2.24, 2.45) is 17.3 Å². The molecule has 0 radical (unpaired) electrons. The maximum Gasteiger partial charge on any atom is 0.482 e. The number of carbonyl (C=O) groups is 2. The number of hydrogen-bond acceptors (Lipinski definition) is 6. The van der Waals surface area contributed by atoms with Gasteiger partial charge in [-0.25, -0.2) is 13.6 Å². The Kier molecular flexibility index (Phi) is 9.09. The first-order valence-electron chi connectivity index (χ1n) is 16.9. The Hall–Kier alpha value is -2.85. The van der Waals surface area contributed by atoms with Crippen LogP contribution in [0.3, 0.4) is 0 Å². The van der Waals surface area contributed by atoms with Crippen LogP contribution in [0.4, 0.5) is 8.78 Å². The fourth-order valence-electron chi connectivity index (χ4n) is 8.61. The third-order valence-corrected chi connectivity index (χ3v) is 11.6. The van der Waals surface area contributed by atoms with Gasteiger partial charge in [-0.1, -0.05) is 50.3 Å². The first kappa shape index (κ1) is 34.0. The van der Waals surface area contributed by atoms with Gasteiger partial charge in [0.25, 0.3) is 11.8 Å². The van der Waals surface area contributed by atoms with Gasteiger partial charge in [-0.05, 0) is 62.8 Å². The summed E-state index contributed by atoms with van der Waals surface area (Å²) < 4.78 is 47.0. The molecule has 3 saturated heterocycles. The Labute approximate surface area is 277 Å². The van der Waals surface area contributed by atoms with Crippen LogP contribution in [0.1, 0.15) is 65.9 Å². The van der Waals surface area contributed by atoms with Crippen LogP contribution >= 0.6 is 0 Å². The standard InChI is InChI=1S/C35H47BF2N4O5/c1-32(2,42-13-12-35(37,38)22-42)20-26(39-6)31(44)41-14-15-45-25(21-41)19-30(43)40-29(16-23-10-8-7-9-11-23)36-46-28-18-24-17-27(33(24,3)4)34(28,5)47-36/h7-11,20,24-25,27-29H,12-19,21-22H2,1-5H3,(H,40,43)/t24-,25-,27-,28+,29-,34-/m0/s1. The molecular formula is C35H47BF2N4O5. The molecule has 254 valence electrons. The van der Waals surface area contributed by atoms with Crippen molar-refractivity contribution in [3.05, 3.63) is 59.1 Å². The lowest BCUT2D eigenvalue weighted by atomic mass is 9.43. The molecule has 6 aliphatic rings. The van der Waals surface area contributed by atoms with Gasteiger partial charge in [0.15, 0.2) is 0 Å². The molecule has 0 unspecified atom stereocenters. The number of amides is 2. The van der Waals surface area contributed by atoms with Crippen LogP contribution in [0.25, 0.3) is 4.85 Å². The molecular weight excluding hydrogens is 605 g/mol. The molecule has 0 aromatic heterocycles. The van der Waals surface area contributed by atoms with Gasteiger partial charge in [0, 0.05) is 31.6 Å². The summed E-state index contributed by atoms with van der Waals surface area (Å²) in [7, 11) is -0.597. The minimum atomic E-state index is -2.78. The largest absolute Gasteiger partial charge is 0.482 e. The Bertz CT molecular complexity index is 1430. The summed E-state index contributed by atoms with van der Waals surface area (Å²) in [5, 5.41) is 3.18. The molecule has 9 nitrogen and oxygen atoms in total. The number of halogens is 2. The van der Waals surface area contributed by atoms with E-state index in [9.17, 15) is 18.4 Å². The van der Waals surface area contributed by atoms with Crippen molar-refractivity contribution in [2.45, 2.75) is 102 Å². The molecule has 1 aromatic rings. The second-order valence-electron chi connectivity index (χ2n) is 15.5. The molecule has 1 aromatic carbocycles. The van der Waals surface area contributed by atoms with Gasteiger partial charge in [0.05, 0.1) is 49.9 Å². The van der Waals surface area contributed by atoms with Crippen molar-refractivity contribution in [1.29, 1.82) is 0 Å². The second kappa shape index (κ2) is 12.6. The molecule has 0 spiro atoms. The van der Waals surface area contributed by atoms with Gasteiger partial charge in [0.2, 0.25) is 11.6 Å². The van der Waals surface area contributed by atoms with E-state index in [4.69, 9.17) is 20.6 Å². The molecule has 3 heterocycles. The second-order valence-corrected chi connectivity index (χ2v) is 15.5. The molecule has 2 amide bonds. The van der Waals surface area contributed by atoms with Crippen molar-refractivity contribution in [2.75, 3.05) is 32.8 Å². The predicted octanol–water partition coefficient (Wildman–Crippen LogP) is 4.52. The van der Waals surface area contributed by atoms with E-state index in [-0.39, 0.29) is 62.2 Å². The van der Waals surface area contributed by atoms with Crippen molar-refractivity contribution in [3.63, 3.8) is 0 Å². The minimum absolute atomic E-state index is 0.0164. The maximum absolute atomic E-state index is 13.9. The number of rotatable bonds is 9. The highest BCUT2D eigenvalue weighted by Crippen LogP contribution is 2.65. The number of carbonyl (C=O) groups excluding carboxylic acids is 2. The zero-order valence-electron chi connectivity index (χ0n) is 28.1. The van der Waals surface area contributed by atoms with Crippen LogP contribution in [0, 0.1) is 23.8 Å². The average molecular weight is 653 g/mol. The monoisotopic (exact) mass is 652 g/mol. The highest BCUT2D eigenvalue weighted by molar-refractivity contribution is 6.48. The van der Waals surface area contributed by atoms with Gasteiger partial charge >= 0.3 is 7.12 Å². The predicted molar refractivity (Wildman–Crippen MR) is 173 cm³/mol. The van der Waals surface area contributed by atoms with E-state index >= 15 is 0 Å². The molecule has 1 N–H and O–H groups in total. The highest BCUT2D eigenvalue weighted by atomic mass is 19.3. The fraction of sp³-hybridized carbons (Fsp3) is 0.686. The smallest absolute Gasteiger partial charge is 0.404 e. The summed E-state index contributed by atoms with van der Waals surface area (Å²) in [5.41, 5.74) is -0.174. The Morgan fingerprint density at radius 1 is 1.19 bits per heavy atom. The lowest BCUT2D eigenvalue weighted by Gasteiger charge is -2.64. The van der Waals surface area contributed by atoms with Crippen LogP contribution in [-0.4, -0.2) is 96.7 Å². The number of hydrogen-bond donors (Lipinski definition) is 1. The fourth-order valence-corrected chi connectivity index (χ4v) is 8.61. The molecule has 6 atom stereocenters. The van der Waals surface area contributed by atoms with E-state index in [1.54, 1.807) is 18.7 Å². The summed E-state index contributed by atoms with van der Waals surface area (Å²) in [6, 6.07) is 9.94. The number of alkyl halides is 2. The van der Waals surface area contributed by atoms with Crippen LogP contribution in [0.2, 0.25) is 0 Å². The number of nitrogens with zero attached hydrogens (tertiary/aromatic N) is 3. The highest BCUT2D eigenvalue weighted by Gasteiger charge is 2.68. The number of likely N-dealkylation sites (tertiary alicyclic amines) is 1. The van der Waals surface area contributed by atoms with E-state index in [1.165, 1.54) is 11.0 Å². The third-order valence-electron chi connectivity index (χ3n) is 11.6. The number of nitrogens with one attached hydrogen (secondary N) is 1. The summed E-state index contributed by atoms with van der Waals surface area (Å²) in [5.74, 6) is -2.93. The molecule has 47 heavy (non-hydrogen) atoms. The first-order chi connectivity index (χ1) is 22.1. The topological polar surface area (TPSA) is 84.7 Å². The number of ether oxygens (including phenoxy) is 1. The van der Waals surface area contributed by atoms with E-state index in [2.05, 4.69) is 30.9 Å². The van der Waals surface area contributed by atoms with Gasteiger partial charge in [-0.3, -0.25) is 14.5 Å². The van der Waals surface area contributed by atoms with Crippen molar-refractivity contribution >= 4 is 18.9 Å². The summed E-state index contributed by atoms with van der Waals surface area (Å²) >= 11 is 0. The van der Waals surface area contributed by atoms with Gasteiger partial charge < -0.3 is 24.3 Å². The summed E-state index contributed by atoms with van der Waals surface area (Å²) in [4.78, 5) is 33.6. The van der Waals surface area contributed by atoms with Gasteiger partial charge in [-0.2, -0.15) is 0 Å². The molecule has 3 saturated carbocycles. The van der Waals surface area contributed by atoms with Crippen molar-refractivity contribution in [3.8, 4) is 0 Å². The lowest BCUT2D eigenvalue weighted by molar-refractivity contribution is -0.199. The van der Waals surface area contributed by atoms with Crippen LogP contribution in [0.5, 0.6) is 0 Å². The Morgan fingerprint density at radius 3 is 2.60 bits per heavy atom. The number of morpholine rings is 1. The molecule has 6 fully saturated rings. The SMILES string of the molecule is [C-]#[N+]C(=CC(C)(C)N1CCC(F)(F)C1)C(=O)N1CCO[C@@H](CC(=O)N[C@@H](Cc2ccccc2)B2O[C@@H]3C[C@@H]4C[C@@H](C4(C)C)[C@]3(C)O2)C1. The van der Waals surface area contributed by atoms with Gasteiger partial charge in [0.1, 0.15) is 0 Å². The maximum atomic E-state index is 13.9. The number of benzene rings is 1. The normalized spacial score (nSPS) is 32.3. The minimum Gasteiger partial charge on any atom is -0.404 e. The van der Waals surface area contributed by atoms with Crippen molar-refractivity contribution < 1.29 is 32.4 Å². The van der Waals surface area contributed by atoms with E-state index in [1.807, 2.05) is 30.3 Å².